The van der Waals surface area contributed by atoms with E-state index in [1.54, 1.807) is 11.8 Å². The Kier molecular flexibility index (Phi) is 6.00. The average Bonchev–Trinajstić information content (AvgIpc) is 3.17. The number of carbonyl (C=O) groups is 1. The van der Waals surface area contributed by atoms with Gasteiger partial charge in [0.05, 0.1) is 6.42 Å². The lowest BCUT2D eigenvalue weighted by Crippen LogP contribution is -2.14. The second-order valence-corrected chi connectivity index (χ2v) is 9.29. The Hall–Kier alpha value is -2.60. The summed E-state index contributed by atoms with van der Waals surface area (Å²) in [6.07, 6.45) is 4.97. The Morgan fingerprint density at radius 2 is 1.83 bits per heavy atom. The van der Waals surface area contributed by atoms with Gasteiger partial charge in [-0.1, -0.05) is 37.1 Å². The number of hydrogen-bond donors (Lipinski definition) is 1. The van der Waals surface area contributed by atoms with Crippen molar-refractivity contribution >= 4 is 23.7 Å². The SMILES string of the molecule is CC(C)Sc1ccc(CC(=O)Nc2nnc(-c3ccc4c(c3)CCCC4)o2)cc1. The van der Waals surface area contributed by atoms with Crippen LogP contribution in [0.3, 0.4) is 0 Å². The van der Waals surface area contributed by atoms with E-state index in [0.717, 1.165) is 24.0 Å². The van der Waals surface area contributed by atoms with Crippen molar-refractivity contribution in [1.82, 2.24) is 10.2 Å². The predicted octanol–water partition coefficient (Wildman–Crippen LogP) is 5.30. The fraction of sp³-hybridized carbons (Fsp3) is 0.348. The minimum absolute atomic E-state index is 0.134. The van der Waals surface area contributed by atoms with Crippen LogP contribution in [-0.2, 0) is 24.1 Å². The molecule has 150 valence electrons. The molecule has 1 aliphatic rings. The molecular formula is C23H25N3O2S. The summed E-state index contributed by atoms with van der Waals surface area (Å²) in [5, 5.41) is 11.3. The molecule has 29 heavy (non-hydrogen) atoms. The van der Waals surface area contributed by atoms with Gasteiger partial charge in [0, 0.05) is 15.7 Å². The molecule has 5 nitrogen and oxygen atoms in total. The van der Waals surface area contributed by atoms with E-state index in [1.165, 1.54) is 28.9 Å². The lowest BCUT2D eigenvalue weighted by molar-refractivity contribution is -0.115. The van der Waals surface area contributed by atoms with Gasteiger partial charge in [-0.2, -0.15) is 0 Å². The van der Waals surface area contributed by atoms with Gasteiger partial charge in [0.15, 0.2) is 0 Å². The number of fused-ring (bicyclic) bond motifs is 1. The van der Waals surface area contributed by atoms with Crippen LogP contribution >= 0.6 is 11.8 Å². The molecule has 1 N–H and O–H groups in total. The molecule has 1 aromatic heterocycles. The van der Waals surface area contributed by atoms with Gasteiger partial charge in [0.25, 0.3) is 0 Å². The van der Waals surface area contributed by atoms with E-state index < -0.39 is 0 Å². The van der Waals surface area contributed by atoms with E-state index in [1.807, 2.05) is 30.3 Å². The van der Waals surface area contributed by atoms with Crippen molar-refractivity contribution in [2.24, 2.45) is 0 Å². The standard InChI is InChI=1S/C23H25N3O2S/c1-15(2)29-20-11-7-16(8-12-20)13-21(27)24-23-26-25-22(28-23)19-10-9-17-5-3-4-6-18(17)14-19/h7-12,14-15H,3-6,13H2,1-2H3,(H,24,26,27). The number of benzene rings is 2. The van der Waals surface area contributed by atoms with Crippen LogP contribution in [0.25, 0.3) is 11.5 Å². The van der Waals surface area contributed by atoms with Crippen LogP contribution in [0.4, 0.5) is 6.01 Å². The van der Waals surface area contributed by atoms with Crippen molar-refractivity contribution in [3.8, 4) is 11.5 Å². The number of carbonyl (C=O) groups excluding carboxylic acids is 1. The number of aromatic nitrogens is 2. The van der Waals surface area contributed by atoms with E-state index in [4.69, 9.17) is 4.42 Å². The summed E-state index contributed by atoms with van der Waals surface area (Å²) in [5.74, 6) is 0.263. The largest absolute Gasteiger partial charge is 0.403 e. The van der Waals surface area contributed by atoms with Crippen LogP contribution < -0.4 is 5.32 Å². The van der Waals surface area contributed by atoms with Crippen molar-refractivity contribution < 1.29 is 9.21 Å². The summed E-state index contributed by atoms with van der Waals surface area (Å²) in [5.41, 5.74) is 4.62. The van der Waals surface area contributed by atoms with E-state index in [2.05, 4.69) is 41.5 Å². The number of thioether (sulfide) groups is 1. The van der Waals surface area contributed by atoms with Crippen LogP contribution in [0.15, 0.2) is 51.8 Å². The molecule has 4 rings (SSSR count). The molecule has 2 aromatic carbocycles. The highest BCUT2D eigenvalue weighted by molar-refractivity contribution is 7.99. The normalized spacial score (nSPS) is 13.3. The fourth-order valence-electron chi connectivity index (χ4n) is 3.56. The first-order valence-electron chi connectivity index (χ1n) is 10.1. The maximum atomic E-state index is 12.3. The monoisotopic (exact) mass is 407 g/mol. The highest BCUT2D eigenvalue weighted by Gasteiger charge is 2.15. The molecule has 0 fully saturated rings. The third kappa shape index (κ3) is 5.07. The molecule has 1 amide bonds. The van der Waals surface area contributed by atoms with Crippen molar-refractivity contribution in [3.63, 3.8) is 0 Å². The average molecular weight is 408 g/mol. The number of nitrogens with one attached hydrogen (secondary N) is 1. The molecule has 3 aromatic rings. The topological polar surface area (TPSA) is 68.0 Å². The van der Waals surface area contributed by atoms with Crippen LogP contribution in [-0.4, -0.2) is 21.4 Å². The molecule has 6 heteroatoms. The zero-order chi connectivity index (χ0) is 20.2. The summed E-state index contributed by atoms with van der Waals surface area (Å²) in [7, 11) is 0. The van der Waals surface area contributed by atoms with E-state index >= 15 is 0 Å². The summed E-state index contributed by atoms with van der Waals surface area (Å²) >= 11 is 1.80. The Labute approximate surface area is 175 Å². The molecule has 0 atom stereocenters. The molecule has 0 saturated carbocycles. The molecule has 1 heterocycles. The van der Waals surface area contributed by atoms with Crippen molar-refractivity contribution in [3.05, 3.63) is 59.2 Å². The second-order valence-electron chi connectivity index (χ2n) is 7.64. The predicted molar refractivity (Wildman–Crippen MR) is 116 cm³/mol. The van der Waals surface area contributed by atoms with Crippen LogP contribution in [0.1, 0.15) is 43.4 Å². The Balaban J connectivity index is 1.38. The van der Waals surface area contributed by atoms with Gasteiger partial charge in [-0.15, -0.1) is 16.9 Å². The van der Waals surface area contributed by atoms with Crippen LogP contribution in [0, 0.1) is 0 Å². The number of nitrogens with zero attached hydrogens (tertiary/aromatic N) is 2. The van der Waals surface area contributed by atoms with Crippen molar-refractivity contribution in [2.45, 2.75) is 56.1 Å². The van der Waals surface area contributed by atoms with Gasteiger partial charge in [-0.05, 0) is 66.6 Å². The lowest BCUT2D eigenvalue weighted by Gasteiger charge is -2.15. The lowest BCUT2D eigenvalue weighted by atomic mass is 9.90. The summed E-state index contributed by atoms with van der Waals surface area (Å²) < 4.78 is 5.67. The smallest absolute Gasteiger partial charge is 0.322 e. The summed E-state index contributed by atoms with van der Waals surface area (Å²) in [6.45, 7) is 4.32. The molecule has 0 aliphatic heterocycles. The fourth-order valence-corrected chi connectivity index (χ4v) is 4.40. The Morgan fingerprint density at radius 1 is 1.07 bits per heavy atom. The zero-order valence-corrected chi connectivity index (χ0v) is 17.6. The first-order chi connectivity index (χ1) is 14.1. The molecule has 0 spiro atoms. The van der Waals surface area contributed by atoms with Gasteiger partial charge in [-0.25, -0.2) is 0 Å². The van der Waals surface area contributed by atoms with Gasteiger partial charge >= 0.3 is 6.01 Å². The third-order valence-electron chi connectivity index (χ3n) is 4.93. The molecule has 1 aliphatic carbocycles. The number of aryl methyl sites for hydroxylation is 2. The molecule has 0 unspecified atom stereocenters. The first kappa shape index (κ1) is 19.7. The summed E-state index contributed by atoms with van der Waals surface area (Å²) in [4.78, 5) is 13.5. The highest BCUT2D eigenvalue weighted by Crippen LogP contribution is 2.27. The number of hydrogen-bond acceptors (Lipinski definition) is 5. The number of amides is 1. The van der Waals surface area contributed by atoms with Crippen molar-refractivity contribution in [1.29, 1.82) is 0 Å². The minimum atomic E-state index is -0.171. The minimum Gasteiger partial charge on any atom is -0.403 e. The molecule has 0 saturated heterocycles. The second kappa shape index (κ2) is 8.82. The quantitative estimate of drug-likeness (QED) is 0.562. The van der Waals surface area contributed by atoms with E-state index in [-0.39, 0.29) is 18.3 Å². The first-order valence-corrected chi connectivity index (χ1v) is 11.0. The Bertz CT molecular complexity index is 996. The highest BCUT2D eigenvalue weighted by atomic mass is 32.2. The summed E-state index contributed by atoms with van der Waals surface area (Å²) in [6, 6.07) is 14.5. The van der Waals surface area contributed by atoms with Gasteiger partial charge in [-0.3, -0.25) is 10.1 Å². The Morgan fingerprint density at radius 3 is 2.59 bits per heavy atom. The molecular weight excluding hydrogens is 382 g/mol. The number of rotatable bonds is 6. The maximum Gasteiger partial charge on any atom is 0.322 e. The van der Waals surface area contributed by atoms with Gasteiger partial charge in [0.1, 0.15) is 0 Å². The maximum absolute atomic E-state index is 12.3. The van der Waals surface area contributed by atoms with E-state index in [9.17, 15) is 4.79 Å². The number of anilines is 1. The van der Waals surface area contributed by atoms with Gasteiger partial charge < -0.3 is 4.42 Å². The van der Waals surface area contributed by atoms with Gasteiger partial charge in [0.2, 0.25) is 11.8 Å². The van der Waals surface area contributed by atoms with Crippen LogP contribution in [0.5, 0.6) is 0 Å². The molecule has 0 bridgehead atoms. The van der Waals surface area contributed by atoms with Crippen molar-refractivity contribution in [2.75, 3.05) is 5.32 Å². The van der Waals surface area contributed by atoms with Crippen LogP contribution in [0.2, 0.25) is 0 Å². The third-order valence-corrected chi connectivity index (χ3v) is 5.94. The zero-order valence-electron chi connectivity index (χ0n) is 16.8. The molecule has 0 radical (unpaired) electrons. The van der Waals surface area contributed by atoms with E-state index in [0.29, 0.717) is 11.1 Å².